The van der Waals surface area contributed by atoms with Crippen LogP contribution in [0.15, 0.2) is 18.2 Å². The number of rotatable bonds is 3. The third-order valence-corrected chi connectivity index (χ3v) is 3.06. The summed E-state index contributed by atoms with van der Waals surface area (Å²) in [7, 11) is 0. The molecule has 0 aliphatic rings. The molecule has 1 aromatic heterocycles. The lowest BCUT2D eigenvalue weighted by molar-refractivity contribution is 0.628. The van der Waals surface area contributed by atoms with Gasteiger partial charge in [0.15, 0.2) is 0 Å². The Labute approximate surface area is 115 Å². The second kappa shape index (κ2) is 5.40. The van der Waals surface area contributed by atoms with Crippen LogP contribution in [0.3, 0.4) is 0 Å². The quantitative estimate of drug-likeness (QED) is 0.904. The fourth-order valence-electron chi connectivity index (χ4n) is 1.58. The molecule has 0 atom stereocenters. The molecule has 0 aliphatic heterocycles. The van der Waals surface area contributed by atoms with E-state index in [0.717, 1.165) is 0 Å². The summed E-state index contributed by atoms with van der Waals surface area (Å²) in [5.41, 5.74) is 6.98. The Kier molecular flexibility index (Phi) is 3.85. The first-order valence-electron chi connectivity index (χ1n) is 5.86. The average molecular weight is 281 g/mol. The zero-order chi connectivity index (χ0) is 14.0. The number of hydrogen-bond acceptors (Lipinski definition) is 4. The van der Waals surface area contributed by atoms with Crippen molar-refractivity contribution in [2.24, 2.45) is 0 Å². The summed E-state index contributed by atoms with van der Waals surface area (Å²) >= 11 is 6.01. The highest BCUT2D eigenvalue weighted by atomic mass is 35.5. The third kappa shape index (κ3) is 2.93. The Morgan fingerprint density at radius 2 is 2.11 bits per heavy atom. The molecule has 0 aliphatic carbocycles. The van der Waals surface area contributed by atoms with Crippen molar-refractivity contribution in [3.63, 3.8) is 0 Å². The van der Waals surface area contributed by atoms with Gasteiger partial charge in [-0.25, -0.2) is 14.4 Å². The maximum Gasteiger partial charge on any atom is 0.139 e. The molecule has 6 heteroatoms. The predicted octanol–water partition coefficient (Wildman–Crippen LogP) is 3.47. The van der Waals surface area contributed by atoms with Crippen LogP contribution in [0.1, 0.15) is 18.3 Å². The summed E-state index contributed by atoms with van der Waals surface area (Å²) in [5.74, 6) is 1.19. The second-order valence-corrected chi connectivity index (χ2v) is 4.51. The molecule has 2 aromatic rings. The Balaban J connectivity index is 2.42. The van der Waals surface area contributed by atoms with Crippen molar-refractivity contribution in [1.29, 1.82) is 0 Å². The van der Waals surface area contributed by atoms with Gasteiger partial charge in [-0.05, 0) is 25.1 Å². The van der Waals surface area contributed by atoms with Crippen molar-refractivity contribution < 1.29 is 4.39 Å². The number of benzene rings is 1. The van der Waals surface area contributed by atoms with E-state index in [1.807, 2.05) is 6.92 Å². The first kappa shape index (κ1) is 13.5. The van der Waals surface area contributed by atoms with E-state index in [0.29, 0.717) is 40.2 Å². The van der Waals surface area contributed by atoms with Crippen molar-refractivity contribution in [3.05, 3.63) is 40.4 Å². The van der Waals surface area contributed by atoms with Gasteiger partial charge in [0.25, 0.3) is 0 Å². The highest BCUT2D eigenvalue weighted by Gasteiger charge is 2.10. The van der Waals surface area contributed by atoms with E-state index in [2.05, 4.69) is 15.3 Å². The van der Waals surface area contributed by atoms with Crippen LogP contribution in [0.4, 0.5) is 21.7 Å². The van der Waals surface area contributed by atoms with E-state index < -0.39 is 0 Å². The SMILES string of the molecule is CCc1nc(N)c(C)c(Nc2cc(F)ccc2Cl)n1. The van der Waals surface area contributed by atoms with Crippen LogP contribution < -0.4 is 11.1 Å². The number of hydrogen-bond donors (Lipinski definition) is 2. The highest BCUT2D eigenvalue weighted by molar-refractivity contribution is 6.33. The molecule has 0 unspecified atom stereocenters. The first-order valence-corrected chi connectivity index (χ1v) is 6.24. The first-order chi connectivity index (χ1) is 9.01. The van der Waals surface area contributed by atoms with Gasteiger partial charge < -0.3 is 11.1 Å². The van der Waals surface area contributed by atoms with Gasteiger partial charge in [-0.15, -0.1) is 0 Å². The number of aryl methyl sites for hydroxylation is 1. The normalized spacial score (nSPS) is 10.5. The number of nitrogen functional groups attached to an aromatic ring is 1. The van der Waals surface area contributed by atoms with Crippen LogP contribution >= 0.6 is 11.6 Å². The lowest BCUT2D eigenvalue weighted by atomic mass is 10.2. The van der Waals surface area contributed by atoms with Gasteiger partial charge in [-0.2, -0.15) is 0 Å². The second-order valence-electron chi connectivity index (χ2n) is 4.10. The molecule has 1 aromatic carbocycles. The van der Waals surface area contributed by atoms with Gasteiger partial charge in [0.2, 0.25) is 0 Å². The maximum absolute atomic E-state index is 13.2. The van der Waals surface area contributed by atoms with Crippen LogP contribution in [0.25, 0.3) is 0 Å². The summed E-state index contributed by atoms with van der Waals surface area (Å²) in [6.07, 6.45) is 0.663. The minimum absolute atomic E-state index is 0.373. The van der Waals surface area contributed by atoms with Crippen molar-refractivity contribution in [2.75, 3.05) is 11.1 Å². The van der Waals surface area contributed by atoms with Crippen LogP contribution in [0.2, 0.25) is 5.02 Å². The Bertz CT molecular complexity index is 616. The molecule has 0 bridgehead atoms. The van der Waals surface area contributed by atoms with E-state index >= 15 is 0 Å². The largest absolute Gasteiger partial charge is 0.383 e. The van der Waals surface area contributed by atoms with Crippen LogP contribution in [0, 0.1) is 12.7 Å². The molecule has 19 heavy (non-hydrogen) atoms. The molecule has 1 heterocycles. The molecule has 4 nitrogen and oxygen atoms in total. The molecule has 0 radical (unpaired) electrons. The smallest absolute Gasteiger partial charge is 0.139 e. The maximum atomic E-state index is 13.2. The highest BCUT2D eigenvalue weighted by Crippen LogP contribution is 2.28. The zero-order valence-electron chi connectivity index (χ0n) is 10.7. The summed E-state index contributed by atoms with van der Waals surface area (Å²) < 4.78 is 13.2. The molecule has 0 saturated carbocycles. The van der Waals surface area contributed by atoms with E-state index in [-0.39, 0.29) is 5.82 Å². The van der Waals surface area contributed by atoms with Crippen LogP contribution in [0.5, 0.6) is 0 Å². The van der Waals surface area contributed by atoms with Gasteiger partial charge in [-0.3, -0.25) is 0 Å². The molecule has 100 valence electrons. The average Bonchev–Trinajstić information content (AvgIpc) is 2.38. The molecule has 0 spiro atoms. The van der Waals surface area contributed by atoms with E-state index in [9.17, 15) is 4.39 Å². The van der Waals surface area contributed by atoms with Crippen molar-refractivity contribution in [3.8, 4) is 0 Å². The van der Waals surface area contributed by atoms with Crippen molar-refractivity contribution in [1.82, 2.24) is 9.97 Å². The molecule has 0 saturated heterocycles. The Morgan fingerprint density at radius 1 is 1.37 bits per heavy atom. The minimum atomic E-state index is -0.373. The van der Waals surface area contributed by atoms with E-state index in [4.69, 9.17) is 17.3 Å². The van der Waals surface area contributed by atoms with Crippen molar-refractivity contribution >= 4 is 28.9 Å². The number of nitrogens with two attached hydrogens (primary N) is 1. The number of anilines is 3. The fraction of sp³-hybridized carbons (Fsp3) is 0.231. The number of nitrogens with zero attached hydrogens (tertiary/aromatic N) is 2. The topological polar surface area (TPSA) is 63.8 Å². The minimum Gasteiger partial charge on any atom is -0.383 e. The zero-order valence-corrected chi connectivity index (χ0v) is 11.4. The third-order valence-electron chi connectivity index (χ3n) is 2.73. The van der Waals surface area contributed by atoms with Gasteiger partial charge >= 0.3 is 0 Å². The lowest BCUT2D eigenvalue weighted by Crippen LogP contribution is -2.06. The molecular weight excluding hydrogens is 267 g/mol. The standard InChI is InChI=1S/C13H14ClFN4/c1-3-11-18-12(16)7(2)13(19-11)17-10-6-8(15)4-5-9(10)14/h4-6H,3H2,1-2H3,(H3,16,17,18,19). The number of halogens is 2. The monoisotopic (exact) mass is 280 g/mol. The summed E-state index contributed by atoms with van der Waals surface area (Å²) in [6, 6.07) is 4.09. The van der Waals surface area contributed by atoms with Gasteiger partial charge in [0.1, 0.15) is 23.3 Å². The molecule has 0 fully saturated rings. The van der Waals surface area contributed by atoms with E-state index in [1.165, 1.54) is 18.2 Å². The van der Waals surface area contributed by atoms with Crippen LogP contribution in [-0.4, -0.2) is 9.97 Å². The van der Waals surface area contributed by atoms with Gasteiger partial charge in [-0.1, -0.05) is 18.5 Å². The van der Waals surface area contributed by atoms with Crippen molar-refractivity contribution in [2.45, 2.75) is 20.3 Å². The molecule has 0 amide bonds. The summed E-state index contributed by atoms with van der Waals surface area (Å²) in [6.45, 7) is 3.73. The Morgan fingerprint density at radius 3 is 2.79 bits per heavy atom. The molecule has 2 rings (SSSR count). The van der Waals surface area contributed by atoms with E-state index in [1.54, 1.807) is 6.92 Å². The fourth-order valence-corrected chi connectivity index (χ4v) is 1.75. The van der Waals surface area contributed by atoms with Crippen LogP contribution in [-0.2, 0) is 6.42 Å². The molecular formula is C13H14ClFN4. The lowest BCUT2D eigenvalue weighted by Gasteiger charge is -2.12. The number of aromatic nitrogens is 2. The predicted molar refractivity (Wildman–Crippen MR) is 75.3 cm³/mol. The molecule has 3 N–H and O–H groups in total. The summed E-state index contributed by atoms with van der Waals surface area (Å²) in [4.78, 5) is 8.49. The van der Waals surface area contributed by atoms with Gasteiger partial charge in [0, 0.05) is 12.0 Å². The number of nitrogens with one attached hydrogen (secondary N) is 1. The Hall–Kier alpha value is -1.88. The van der Waals surface area contributed by atoms with Gasteiger partial charge in [0.05, 0.1) is 10.7 Å². The summed E-state index contributed by atoms with van der Waals surface area (Å²) in [5, 5.41) is 3.41.